The lowest BCUT2D eigenvalue weighted by Gasteiger charge is -2.13. The SMILES string of the molecule is CCCCCCOc1c(CS(=O)c2ccccc2)sc(CS(=O)c2ccccc2)c1OCCCCCC. The highest BCUT2D eigenvalue weighted by molar-refractivity contribution is 7.84. The average Bonchev–Trinajstić information content (AvgIpc) is 3.24. The lowest BCUT2D eigenvalue weighted by molar-refractivity contribution is 0.258. The van der Waals surface area contributed by atoms with Crippen LogP contribution in [0.5, 0.6) is 11.5 Å². The average molecular weight is 561 g/mol. The van der Waals surface area contributed by atoms with E-state index in [0.717, 1.165) is 45.2 Å². The fraction of sp³-hybridized carbons (Fsp3) is 0.467. The van der Waals surface area contributed by atoms with Crippen LogP contribution in [0.2, 0.25) is 0 Å². The van der Waals surface area contributed by atoms with E-state index in [1.165, 1.54) is 37.0 Å². The normalized spacial score (nSPS) is 12.8. The predicted molar refractivity (Wildman–Crippen MR) is 157 cm³/mol. The van der Waals surface area contributed by atoms with Gasteiger partial charge in [-0.25, -0.2) is 0 Å². The molecule has 3 aromatic rings. The molecule has 0 saturated carbocycles. The topological polar surface area (TPSA) is 52.6 Å². The van der Waals surface area contributed by atoms with Crippen LogP contribution in [-0.4, -0.2) is 21.6 Å². The summed E-state index contributed by atoms with van der Waals surface area (Å²) < 4.78 is 39.2. The molecule has 2 aromatic carbocycles. The molecule has 0 spiro atoms. The van der Waals surface area contributed by atoms with Crippen molar-refractivity contribution in [2.45, 2.75) is 86.5 Å². The molecule has 37 heavy (non-hydrogen) atoms. The number of hydrogen-bond donors (Lipinski definition) is 0. The van der Waals surface area contributed by atoms with Gasteiger partial charge in [0.25, 0.3) is 0 Å². The minimum atomic E-state index is -1.21. The fourth-order valence-electron chi connectivity index (χ4n) is 3.93. The molecule has 202 valence electrons. The van der Waals surface area contributed by atoms with E-state index in [-0.39, 0.29) is 0 Å². The van der Waals surface area contributed by atoms with Crippen molar-refractivity contribution >= 4 is 32.9 Å². The Morgan fingerprint density at radius 1 is 0.595 bits per heavy atom. The molecular weight excluding hydrogens is 521 g/mol. The molecule has 0 aliphatic rings. The second kappa shape index (κ2) is 16.8. The van der Waals surface area contributed by atoms with Gasteiger partial charge in [-0.15, -0.1) is 11.3 Å². The van der Waals surface area contributed by atoms with Crippen LogP contribution in [0.25, 0.3) is 0 Å². The summed E-state index contributed by atoms with van der Waals surface area (Å²) in [6, 6.07) is 19.1. The van der Waals surface area contributed by atoms with Crippen LogP contribution < -0.4 is 9.47 Å². The maximum atomic E-state index is 13.2. The zero-order valence-electron chi connectivity index (χ0n) is 22.1. The molecule has 0 N–H and O–H groups in total. The van der Waals surface area contributed by atoms with E-state index in [9.17, 15) is 8.42 Å². The highest BCUT2D eigenvalue weighted by atomic mass is 32.2. The second-order valence-electron chi connectivity index (χ2n) is 9.03. The molecular formula is C30H40O4S3. The van der Waals surface area contributed by atoms with Gasteiger partial charge in [0.2, 0.25) is 0 Å². The molecule has 4 nitrogen and oxygen atoms in total. The van der Waals surface area contributed by atoms with Crippen LogP contribution in [0.3, 0.4) is 0 Å². The monoisotopic (exact) mass is 560 g/mol. The highest BCUT2D eigenvalue weighted by Crippen LogP contribution is 2.45. The van der Waals surface area contributed by atoms with E-state index in [1.54, 1.807) is 0 Å². The molecule has 7 heteroatoms. The number of ether oxygens (including phenoxy) is 2. The summed E-state index contributed by atoms with van der Waals surface area (Å²) in [5.41, 5.74) is 0. The maximum Gasteiger partial charge on any atom is 0.176 e. The van der Waals surface area contributed by atoms with Crippen molar-refractivity contribution in [1.82, 2.24) is 0 Å². The summed E-state index contributed by atoms with van der Waals surface area (Å²) in [6.07, 6.45) is 8.86. The number of hydrogen-bond acceptors (Lipinski definition) is 5. The predicted octanol–water partition coefficient (Wildman–Crippen LogP) is 8.28. The Morgan fingerprint density at radius 2 is 1.00 bits per heavy atom. The third kappa shape index (κ3) is 9.69. The van der Waals surface area contributed by atoms with E-state index in [2.05, 4.69) is 13.8 Å². The first kappa shape index (κ1) is 29.6. The first-order chi connectivity index (χ1) is 18.1. The van der Waals surface area contributed by atoms with Crippen LogP contribution in [0, 0.1) is 0 Å². The third-order valence-corrected chi connectivity index (χ3v) is 10.2. The van der Waals surface area contributed by atoms with Crippen molar-refractivity contribution in [2.24, 2.45) is 0 Å². The maximum absolute atomic E-state index is 13.2. The summed E-state index contributed by atoms with van der Waals surface area (Å²) >= 11 is 1.53. The minimum Gasteiger partial charge on any atom is -0.488 e. The van der Waals surface area contributed by atoms with Crippen LogP contribution in [0.4, 0.5) is 0 Å². The molecule has 0 fully saturated rings. The molecule has 0 amide bonds. The summed E-state index contributed by atoms with van der Waals surface area (Å²) in [7, 11) is -2.42. The Hall–Kier alpha value is -1.96. The van der Waals surface area contributed by atoms with Crippen molar-refractivity contribution in [3.8, 4) is 11.5 Å². The van der Waals surface area contributed by atoms with E-state index in [0.29, 0.717) is 36.2 Å². The van der Waals surface area contributed by atoms with Crippen LogP contribution in [0.1, 0.15) is 75.0 Å². The smallest absolute Gasteiger partial charge is 0.176 e. The summed E-state index contributed by atoms with van der Waals surface area (Å²) in [4.78, 5) is 3.39. The zero-order valence-corrected chi connectivity index (χ0v) is 24.6. The lowest BCUT2D eigenvalue weighted by atomic mass is 10.2. The molecule has 0 aliphatic heterocycles. The minimum absolute atomic E-state index is 0.350. The number of benzene rings is 2. The number of rotatable bonds is 18. The molecule has 2 atom stereocenters. The zero-order chi connectivity index (χ0) is 26.3. The Morgan fingerprint density at radius 3 is 1.38 bits per heavy atom. The van der Waals surface area contributed by atoms with Gasteiger partial charge in [0.15, 0.2) is 11.5 Å². The first-order valence-electron chi connectivity index (χ1n) is 13.4. The van der Waals surface area contributed by atoms with Crippen LogP contribution in [0.15, 0.2) is 70.5 Å². The Kier molecular flexibility index (Phi) is 13.4. The largest absolute Gasteiger partial charge is 0.488 e. The van der Waals surface area contributed by atoms with E-state index >= 15 is 0 Å². The van der Waals surface area contributed by atoms with E-state index < -0.39 is 21.6 Å². The van der Waals surface area contributed by atoms with Gasteiger partial charge in [0.05, 0.1) is 56.1 Å². The van der Waals surface area contributed by atoms with E-state index in [4.69, 9.17) is 9.47 Å². The molecule has 0 saturated heterocycles. The molecule has 1 aromatic heterocycles. The van der Waals surface area contributed by atoms with Gasteiger partial charge >= 0.3 is 0 Å². The quantitative estimate of drug-likeness (QED) is 0.147. The first-order valence-corrected chi connectivity index (χ1v) is 16.9. The summed E-state index contributed by atoms with van der Waals surface area (Å²) in [5, 5.41) is 0. The van der Waals surface area contributed by atoms with E-state index in [1.807, 2.05) is 60.7 Å². The Labute approximate surface area is 231 Å². The van der Waals surface area contributed by atoms with Gasteiger partial charge in [0.1, 0.15) is 0 Å². The van der Waals surface area contributed by atoms with Crippen molar-refractivity contribution in [1.29, 1.82) is 0 Å². The fourth-order valence-corrected chi connectivity index (χ4v) is 7.83. The van der Waals surface area contributed by atoms with Gasteiger partial charge < -0.3 is 9.47 Å². The number of unbranched alkanes of at least 4 members (excludes halogenated alkanes) is 6. The van der Waals surface area contributed by atoms with Gasteiger partial charge in [-0.05, 0) is 37.1 Å². The summed E-state index contributed by atoms with van der Waals surface area (Å²) in [5.74, 6) is 2.09. The number of thiophene rings is 1. The standard InChI is InChI=1S/C30H40O4S3/c1-3-5-7-15-21-33-29-27(23-36(31)25-17-11-9-12-18-25)35-28(30(29)34-22-16-8-6-4-2)24-37(32)26-19-13-10-14-20-26/h9-14,17-20H,3-8,15-16,21-24H2,1-2H3. The van der Waals surface area contributed by atoms with Gasteiger partial charge in [0, 0.05) is 9.79 Å². The van der Waals surface area contributed by atoms with Gasteiger partial charge in [-0.3, -0.25) is 8.42 Å². The molecule has 0 radical (unpaired) electrons. The van der Waals surface area contributed by atoms with Crippen molar-refractivity contribution in [3.05, 3.63) is 70.4 Å². The molecule has 1 heterocycles. The highest BCUT2D eigenvalue weighted by Gasteiger charge is 2.25. The molecule has 0 aliphatic carbocycles. The molecule has 3 rings (SSSR count). The van der Waals surface area contributed by atoms with Gasteiger partial charge in [-0.1, -0.05) is 88.8 Å². The lowest BCUT2D eigenvalue weighted by Crippen LogP contribution is -2.05. The Bertz CT molecular complexity index is 1010. The summed E-state index contributed by atoms with van der Waals surface area (Å²) in [6.45, 7) is 5.57. The third-order valence-electron chi connectivity index (χ3n) is 5.98. The van der Waals surface area contributed by atoms with Crippen LogP contribution in [-0.2, 0) is 33.1 Å². The van der Waals surface area contributed by atoms with Crippen molar-refractivity contribution < 1.29 is 17.9 Å². The van der Waals surface area contributed by atoms with Crippen molar-refractivity contribution in [3.63, 3.8) is 0 Å². The van der Waals surface area contributed by atoms with Crippen LogP contribution >= 0.6 is 11.3 Å². The van der Waals surface area contributed by atoms with Gasteiger partial charge in [-0.2, -0.15) is 0 Å². The second-order valence-corrected chi connectivity index (χ2v) is 13.1. The molecule has 2 unspecified atom stereocenters. The Balaban J connectivity index is 1.88. The molecule has 0 bridgehead atoms. The van der Waals surface area contributed by atoms with Crippen molar-refractivity contribution in [2.75, 3.05) is 13.2 Å².